The maximum Gasteiger partial charge on any atom is 0.157 e. The average molecular weight is 1580 g/mol. The standard InChI is InChI=1S/2C14H12O2.2C14H12O.C9H10O.2C8H8O2.3C8H8O/c1-10(11-2-6-13(15)7-3-11)12-4-8-14(16)9-5-12;15-13-7-3-11(4-8-13)1-2-12-5-9-14(16)10-6-12;1-11(12-5-3-2-4-6-12)13-7-9-14(15)10-8-13;15-14-10-8-13(9-11-14)7-6-12-4-2-1-3-5-12;1-7(2)8-3-5-9(10)6-4-8;1-2-6-3-4-7(9)5-8(6)10;1-2-6-3-4-7(9)8(10)5-6;1-2-7-3-5-8(9)6-4-7;1-2-7-4-3-5-8(9)6-7;1-2-7-5-3-4-6-8(7)9/h2-9,15-16H,1H2;1-10,15-16H;2-10,15H,1H2;1-11,15H;3-6,10H,1H2,2H3;2*2-5,9-10H,1H2;3*2-6,9H,1H2/b;2-1+;;7-6+;;;;;;. The highest BCUT2D eigenvalue weighted by Gasteiger charge is 2.05. The van der Waals surface area contributed by atoms with Gasteiger partial charge in [0.05, 0.1) is 0 Å². The molecule has 14 rings (SSSR count). The maximum atomic E-state index is 9.18. The second-order valence-electron chi connectivity index (χ2n) is 25.4. The monoisotopic (exact) mass is 1580 g/mol. The predicted octanol–water partition coefficient (Wildman–Crippen LogP) is 25.5. The molecule has 14 aromatic rings. The summed E-state index contributed by atoms with van der Waals surface area (Å²) in [7, 11) is 0. The first kappa shape index (κ1) is 93.3. The summed E-state index contributed by atoms with van der Waals surface area (Å²) < 4.78 is 0. The molecule has 0 bridgehead atoms. The van der Waals surface area contributed by atoms with Crippen LogP contribution < -0.4 is 0 Å². The molecule has 0 radical (unpaired) electrons. The molecule has 0 amide bonds. The second kappa shape index (κ2) is 51.3. The van der Waals surface area contributed by atoms with Gasteiger partial charge < -0.3 is 71.5 Å². The van der Waals surface area contributed by atoms with E-state index < -0.39 is 0 Å². The minimum absolute atomic E-state index is 0.0509. The maximum absolute atomic E-state index is 9.18. The van der Waals surface area contributed by atoms with Crippen LogP contribution >= 0.6 is 0 Å². The van der Waals surface area contributed by atoms with E-state index in [0.717, 1.165) is 83.5 Å². The van der Waals surface area contributed by atoms with Crippen molar-refractivity contribution in [1.29, 1.82) is 0 Å². The van der Waals surface area contributed by atoms with Crippen LogP contribution in [0.25, 0.3) is 71.4 Å². The van der Waals surface area contributed by atoms with Gasteiger partial charge in [-0.15, -0.1) is 0 Å². The van der Waals surface area contributed by atoms with Crippen molar-refractivity contribution < 1.29 is 71.5 Å². The van der Waals surface area contributed by atoms with Crippen LogP contribution in [-0.2, 0) is 0 Å². The van der Waals surface area contributed by atoms with Crippen LogP contribution in [0, 0.1) is 0 Å². The molecule has 14 nitrogen and oxygen atoms in total. The van der Waals surface area contributed by atoms with Gasteiger partial charge in [0.2, 0.25) is 0 Å². The highest BCUT2D eigenvalue weighted by Crippen LogP contribution is 2.29. The third-order valence-corrected chi connectivity index (χ3v) is 16.4. The SMILES string of the molecule is C=C(C)c1ccc(O)cc1.C=C(c1ccc(O)cc1)c1ccc(O)cc1.C=C(c1ccccc1)c1ccc(O)cc1.C=Cc1ccc(O)c(O)c1.C=Cc1ccc(O)cc1.C=Cc1ccc(O)cc1O.C=Cc1cccc(O)c1.C=Cc1ccccc1O.Oc1ccc(/C=C/c2ccc(O)cc2)cc1.Oc1ccc(/C=C/c2ccccc2)cc1. The minimum Gasteiger partial charge on any atom is -0.508 e. The third kappa shape index (κ3) is 36.4. The van der Waals surface area contributed by atoms with E-state index in [4.69, 9.17) is 56.2 Å². The van der Waals surface area contributed by atoms with Gasteiger partial charge >= 0.3 is 0 Å². The molecule has 0 aliphatic heterocycles. The van der Waals surface area contributed by atoms with Crippen molar-refractivity contribution in [2.75, 3.05) is 0 Å². The van der Waals surface area contributed by atoms with Gasteiger partial charge in [0.25, 0.3) is 0 Å². The van der Waals surface area contributed by atoms with Crippen LogP contribution in [0.1, 0.15) is 84.8 Å². The molecule has 0 aliphatic rings. The van der Waals surface area contributed by atoms with Crippen molar-refractivity contribution in [3.8, 4) is 80.5 Å². The molecule has 0 spiro atoms. The van der Waals surface area contributed by atoms with Gasteiger partial charge in [-0.2, -0.15) is 0 Å². The van der Waals surface area contributed by atoms with Crippen molar-refractivity contribution in [1.82, 2.24) is 0 Å². The smallest absolute Gasteiger partial charge is 0.157 e. The molecule has 0 aliphatic carbocycles. The van der Waals surface area contributed by atoms with Gasteiger partial charge in [-0.05, 0) is 224 Å². The number of benzene rings is 14. The Balaban J connectivity index is 0.000000237. The quantitative estimate of drug-likeness (QED) is 0.0356. The highest BCUT2D eigenvalue weighted by atomic mass is 16.3. The van der Waals surface area contributed by atoms with Crippen LogP contribution in [-0.4, -0.2) is 71.5 Å². The van der Waals surface area contributed by atoms with E-state index in [1.165, 1.54) is 35.9 Å². The van der Waals surface area contributed by atoms with E-state index in [9.17, 15) is 15.3 Å². The number of aromatic hydroxyl groups is 14. The van der Waals surface area contributed by atoms with Crippen LogP contribution in [0.3, 0.4) is 0 Å². The van der Waals surface area contributed by atoms with Crippen molar-refractivity contribution in [2.45, 2.75) is 6.92 Å². The Hall–Kier alpha value is -16.3. The van der Waals surface area contributed by atoms with E-state index in [2.05, 4.69) is 64.8 Å². The van der Waals surface area contributed by atoms with Crippen molar-refractivity contribution in [3.63, 3.8) is 0 Å². The number of para-hydroxylation sites is 1. The lowest BCUT2D eigenvalue weighted by atomic mass is 10.00. The molecular formula is C105H98O14. The fraction of sp³-hybridized carbons (Fsp3) is 0.00952. The molecule has 0 aromatic heterocycles. The lowest BCUT2D eigenvalue weighted by molar-refractivity contribution is 0.403. The minimum atomic E-state index is -0.114. The number of rotatable bonds is 14. The Labute approximate surface area is 696 Å². The Morgan fingerprint density at radius 2 is 0.471 bits per heavy atom. The Morgan fingerprint density at radius 3 is 0.790 bits per heavy atom. The first-order valence-electron chi connectivity index (χ1n) is 36.8. The fourth-order valence-corrected chi connectivity index (χ4v) is 9.71. The molecule has 602 valence electrons. The van der Waals surface area contributed by atoms with Crippen LogP contribution in [0.15, 0.2) is 392 Å². The summed E-state index contributed by atoms with van der Waals surface area (Å²) >= 11 is 0. The van der Waals surface area contributed by atoms with Gasteiger partial charge in [-0.25, -0.2) is 0 Å². The Kier molecular flexibility index (Phi) is 40.2. The molecule has 0 heterocycles. The number of phenolic OH excluding ortho intramolecular Hbond substituents is 14. The number of hydrogen-bond acceptors (Lipinski definition) is 14. The number of phenols is 14. The summed E-state index contributed by atoms with van der Waals surface area (Å²) in [6, 6.07) is 98.9. The van der Waals surface area contributed by atoms with E-state index in [0.29, 0.717) is 22.8 Å². The van der Waals surface area contributed by atoms with Crippen LogP contribution in [0.5, 0.6) is 80.5 Å². The van der Waals surface area contributed by atoms with Crippen LogP contribution in [0.4, 0.5) is 0 Å². The highest BCUT2D eigenvalue weighted by molar-refractivity contribution is 5.79. The van der Waals surface area contributed by atoms with Crippen molar-refractivity contribution in [2.24, 2.45) is 0 Å². The van der Waals surface area contributed by atoms with Gasteiger partial charge in [-0.1, -0.05) is 307 Å². The van der Waals surface area contributed by atoms with Gasteiger partial charge in [0, 0.05) is 17.2 Å². The molecule has 0 atom stereocenters. The van der Waals surface area contributed by atoms with Gasteiger partial charge in [-0.3, -0.25) is 0 Å². The number of hydrogen-bond donors (Lipinski definition) is 14. The van der Waals surface area contributed by atoms with E-state index in [-0.39, 0.29) is 63.2 Å². The molecule has 0 fully saturated rings. The first-order valence-corrected chi connectivity index (χ1v) is 36.8. The van der Waals surface area contributed by atoms with Crippen molar-refractivity contribution in [3.05, 3.63) is 470 Å². The molecule has 0 saturated heterocycles. The second-order valence-corrected chi connectivity index (χ2v) is 25.4. The summed E-state index contributed by atoms with van der Waals surface area (Å²) in [5.41, 5.74) is 16.4. The summed E-state index contributed by atoms with van der Waals surface area (Å²) in [5.74, 6) is 2.63. The normalized spacial score (nSPS) is 9.72. The van der Waals surface area contributed by atoms with Gasteiger partial charge in [0.15, 0.2) is 11.5 Å². The lowest BCUT2D eigenvalue weighted by Gasteiger charge is -2.06. The molecule has 119 heavy (non-hydrogen) atoms. The average Bonchev–Trinajstić information content (AvgIpc) is 0.853. The molecule has 14 heteroatoms. The zero-order valence-electron chi connectivity index (χ0n) is 65.9. The van der Waals surface area contributed by atoms with E-state index in [1.807, 2.05) is 195 Å². The molecule has 14 N–H and O–H groups in total. The molecular weight excluding hydrogens is 1490 g/mol. The van der Waals surface area contributed by atoms with E-state index in [1.54, 1.807) is 164 Å². The van der Waals surface area contributed by atoms with Crippen molar-refractivity contribution >= 4 is 71.4 Å². The van der Waals surface area contributed by atoms with Crippen LogP contribution in [0.2, 0.25) is 0 Å². The lowest BCUT2D eigenvalue weighted by Crippen LogP contribution is -1.85. The topological polar surface area (TPSA) is 283 Å². The Bertz CT molecular complexity index is 5410. The third-order valence-electron chi connectivity index (χ3n) is 16.4. The first-order chi connectivity index (χ1) is 57.2. The largest absolute Gasteiger partial charge is 0.508 e. The molecule has 0 saturated carbocycles. The zero-order chi connectivity index (χ0) is 86.9. The predicted molar refractivity (Wildman–Crippen MR) is 493 cm³/mol. The summed E-state index contributed by atoms with van der Waals surface area (Å²) in [6.07, 6.45) is 16.1. The summed E-state index contributed by atoms with van der Waals surface area (Å²) in [5, 5.41) is 126. The molecule has 14 aromatic carbocycles. The van der Waals surface area contributed by atoms with Gasteiger partial charge in [0.1, 0.15) is 69.0 Å². The molecule has 0 unspecified atom stereocenters. The number of allylic oxidation sites excluding steroid dienone is 1. The Morgan fingerprint density at radius 1 is 0.193 bits per heavy atom. The fourth-order valence-electron chi connectivity index (χ4n) is 9.71. The summed E-state index contributed by atoms with van der Waals surface area (Å²) in [6.45, 7) is 31.4. The zero-order valence-corrected chi connectivity index (χ0v) is 65.9. The van der Waals surface area contributed by atoms with E-state index >= 15 is 0 Å². The summed E-state index contributed by atoms with van der Waals surface area (Å²) in [4.78, 5) is 0.